The van der Waals surface area contributed by atoms with Gasteiger partial charge < -0.3 is 24.4 Å². The number of benzene rings is 2. The first-order chi connectivity index (χ1) is 16.6. The molecule has 2 aliphatic rings. The molecule has 0 spiro atoms. The van der Waals surface area contributed by atoms with Gasteiger partial charge in [-0.1, -0.05) is 43.0 Å². The van der Waals surface area contributed by atoms with Gasteiger partial charge in [-0.3, -0.25) is 4.79 Å². The van der Waals surface area contributed by atoms with Crippen molar-refractivity contribution < 1.29 is 37.4 Å². The fraction of sp³-hybridized carbons (Fsp3) is 0.240. The summed E-state index contributed by atoms with van der Waals surface area (Å²) in [6.45, 7) is 3.55. The molecule has 0 radical (unpaired) electrons. The molecule has 2 aromatic carbocycles. The van der Waals surface area contributed by atoms with Crippen LogP contribution in [0.4, 0.5) is 8.78 Å². The molecular weight excluding hydrogens is 462 g/mol. The van der Waals surface area contributed by atoms with Crippen LogP contribution in [-0.4, -0.2) is 53.2 Å². The van der Waals surface area contributed by atoms with Gasteiger partial charge in [0.05, 0.1) is 11.1 Å². The van der Waals surface area contributed by atoms with Gasteiger partial charge in [0.25, 0.3) is 11.8 Å². The van der Waals surface area contributed by atoms with E-state index in [9.17, 15) is 14.4 Å². The number of hydrogen-bond acceptors (Lipinski definition) is 7. The standard InChI is InChI=1S/C25H22F2N2O6/c1-16-28-19(30)13-14-29(16)23-24(2,26)22(34-21(32)18-11-7-4-8-12-18)25(27,35-23)15-33-20(31)17-9-5-3-6-10-17/h3-14,22-23H,1,15H2,2H3,(H,28,30)/t22-,23+,24+,25+/m0/s1. The summed E-state index contributed by atoms with van der Waals surface area (Å²) in [7, 11) is 0. The third-order valence-electron chi connectivity index (χ3n) is 5.56. The maximum absolute atomic E-state index is 16.2. The Morgan fingerprint density at radius 3 is 2.20 bits per heavy atom. The lowest BCUT2D eigenvalue weighted by molar-refractivity contribution is -0.210. The van der Waals surface area contributed by atoms with Crippen LogP contribution in [0.5, 0.6) is 0 Å². The zero-order valence-electron chi connectivity index (χ0n) is 18.6. The van der Waals surface area contributed by atoms with Crippen LogP contribution >= 0.6 is 0 Å². The zero-order chi connectivity index (χ0) is 25.2. The van der Waals surface area contributed by atoms with Crippen molar-refractivity contribution in [3.63, 3.8) is 0 Å². The highest BCUT2D eigenvalue weighted by atomic mass is 19.2. The molecule has 0 saturated carbocycles. The summed E-state index contributed by atoms with van der Waals surface area (Å²) in [6.07, 6.45) is -1.62. The van der Waals surface area contributed by atoms with E-state index in [0.29, 0.717) is 0 Å². The number of carbonyl (C=O) groups excluding carboxylic acids is 3. The van der Waals surface area contributed by atoms with Gasteiger partial charge in [0.2, 0.25) is 6.10 Å². The van der Waals surface area contributed by atoms with Gasteiger partial charge in [0, 0.05) is 12.3 Å². The summed E-state index contributed by atoms with van der Waals surface area (Å²) < 4.78 is 48.2. The van der Waals surface area contributed by atoms with Crippen molar-refractivity contribution in [1.82, 2.24) is 10.2 Å². The molecule has 2 aliphatic heterocycles. The largest absolute Gasteiger partial charge is 0.456 e. The van der Waals surface area contributed by atoms with Crippen molar-refractivity contribution in [3.8, 4) is 0 Å². The van der Waals surface area contributed by atoms with E-state index in [1.54, 1.807) is 36.4 Å². The van der Waals surface area contributed by atoms with E-state index in [1.165, 1.54) is 30.5 Å². The van der Waals surface area contributed by atoms with Crippen molar-refractivity contribution >= 4 is 17.8 Å². The summed E-state index contributed by atoms with van der Waals surface area (Å²) in [4.78, 5) is 37.7. The normalized spacial score (nSPS) is 27.9. The quantitative estimate of drug-likeness (QED) is 0.629. The minimum atomic E-state index is -3.07. The first-order valence-electron chi connectivity index (χ1n) is 10.6. The van der Waals surface area contributed by atoms with Gasteiger partial charge in [-0.2, -0.15) is 0 Å². The Kier molecular flexibility index (Phi) is 6.40. The molecule has 4 atom stereocenters. The number of ether oxygens (including phenoxy) is 3. The molecular formula is C25H22F2N2O6. The second-order valence-corrected chi connectivity index (χ2v) is 8.16. The van der Waals surface area contributed by atoms with Crippen LogP contribution < -0.4 is 5.32 Å². The van der Waals surface area contributed by atoms with Gasteiger partial charge in [0.15, 0.2) is 18.5 Å². The minimum absolute atomic E-state index is 0.0601. The average molecular weight is 484 g/mol. The Hall–Kier alpha value is -4.05. The van der Waals surface area contributed by atoms with Crippen LogP contribution in [-0.2, 0) is 19.0 Å². The summed E-state index contributed by atoms with van der Waals surface area (Å²) in [6, 6.07) is 15.4. The van der Waals surface area contributed by atoms with Crippen LogP contribution in [0.15, 0.2) is 85.3 Å². The van der Waals surface area contributed by atoms with Crippen LogP contribution in [0, 0.1) is 0 Å². The predicted molar refractivity (Wildman–Crippen MR) is 119 cm³/mol. The Labute approximate surface area is 199 Å². The molecule has 0 aliphatic carbocycles. The van der Waals surface area contributed by atoms with E-state index in [2.05, 4.69) is 11.9 Å². The number of esters is 2. The van der Waals surface area contributed by atoms with Crippen LogP contribution in [0.1, 0.15) is 27.6 Å². The molecule has 8 nitrogen and oxygen atoms in total. The van der Waals surface area contributed by atoms with E-state index in [-0.39, 0.29) is 16.9 Å². The Balaban J connectivity index is 1.63. The number of carbonyl (C=O) groups is 3. The molecule has 2 aromatic rings. The SMILES string of the molecule is C=C1NC(=O)C=CN1[C@@H]1O[C@](F)(COC(=O)c2ccccc2)[C@@H](OC(=O)c2ccccc2)[C@@]1(C)F. The highest BCUT2D eigenvalue weighted by molar-refractivity contribution is 5.90. The zero-order valence-corrected chi connectivity index (χ0v) is 18.6. The molecule has 1 N–H and O–H groups in total. The predicted octanol–water partition coefficient (Wildman–Crippen LogP) is 3.24. The third kappa shape index (κ3) is 4.78. The minimum Gasteiger partial charge on any atom is -0.456 e. The molecule has 1 fully saturated rings. The fourth-order valence-corrected chi connectivity index (χ4v) is 3.83. The van der Waals surface area contributed by atoms with Gasteiger partial charge in [0.1, 0.15) is 5.82 Å². The second kappa shape index (κ2) is 9.30. The molecule has 182 valence electrons. The smallest absolute Gasteiger partial charge is 0.338 e. The third-order valence-corrected chi connectivity index (χ3v) is 5.56. The van der Waals surface area contributed by atoms with Crippen LogP contribution in [0.25, 0.3) is 0 Å². The number of nitrogens with one attached hydrogen (secondary N) is 1. The molecule has 10 heteroatoms. The monoisotopic (exact) mass is 484 g/mol. The first kappa shape index (κ1) is 24.1. The Morgan fingerprint density at radius 1 is 1.06 bits per heavy atom. The van der Waals surface area contributed by atoms with Gasteiger partial charge in [-0.05, 0) is 31.2 Å². The molecule has 35 heavy (non-hydrogen) atoms. The van der Waals surface area contributed by atoms with Crippen LogP contribution in [0.2, 0.25) is 0 Å². The first-order valence-corrected chi connectivity index (χ1v) is 10.6. The fourth-order valence-electron chi connectivity index (χ4n) is 3.83. The van der Waals surface area contributed by atoms with E-state index in [4.69, 9.17) is 14.2 Å². The average Bonchev–Trinajstić information content (AvgIpc) is 3.04. The summed E-state index contributed by atoms with van der Waals surface area (Å²) >= 11 is 0. The Bertz CT molecular complexity index is 1170. The Morgan fingerprint density at radius 2 is 1.63 bits per heavy atom. The number of rotatable bonds is 6. The lowest BCUT2D eigenvalue weighted by Crippen LogP contribution is -2.53. The van der Waals surface area contributed by atoms with Crippen molar-refractivity contribution in [3.05, 3.63) is 96.5 Å². The lowest BCUT2D eigenvalue weighted by atomic mass is 9.96. The second-order valence-electron chi connectivity index (χ2n) is 8.16. The molecule has 0 unspecified atom stereocenters. The number of amides is 1. The molecule has 1 amide bonds. The molecule has 1 saturated heterocycles. The molecule has 0 aromatic heterocycles. The number of halogens is 2. The van der Waals surface area contributed by atoms with Crippen LogP contribution in [0.3, 0.4) is 0 Å². The van der Waals surface area contributed by atoms with E-state index in [1.807, 2.05) is 0 Å². The van der Waals surface area contributed by atoms with Gasteiger partial charge in [-0.25, -0.2) is 18.4 Å². The lowest BCUT2D eigenvalue weighted by Gasteiger charge is -2.35. The number of hydrogen-bond donors (Lipinski definition) is 1. The highest BCUT2D eigenvalue weighted by Gasteiger charge is 2.68. The molecule has 4 rings (SSSR count). The topological polar surface area (TPSA) is 94.2 Å². The maximum Gasteiger partial charge on any atom is 0.338 e. The van der Waals surface area contributed by atoms with Gasteiger partial charge >= 0.3 is 11.9 Å². The number of nitrogens with zero attached hydrogens (tertiary/aromatic N) is 1. The summed E-state index contributed by atoms with van der Waals surface area (Å²) in [5, 5.41) is 2.37. The maximum atomic E-state index is 16.2. The number of alkyl halides is 2. The van der Waals surface area contributed by atoms with Crippen molar-refractivity contribution in [1.29, 1.82) is 0 Å². The van der Waals surface area contributed by atoms with Crippen molar-refractivity contribution in [2.45, 2.75) is 30.8 Å². The summed E-state index contributed by atoms with van der Waals surface area (Å²) in [5.41, 5.74) is -2.47. The summed E-state index contributed by atoms with van der Waals surface area (Å²) in [5.74, 6) is -5.54. The van der Waals surface area contributed by atoms with E-state index < -0.39 is 48.3 Å². The van der Waals surface area contributed by atoms with Crippen molar-refractivity contribution in [2.24, 2.45) is 0 Å². The highest BCUT2D eigenvalue weighted by Crippen LogP contribution is 2.46. The van der Waals surface area contributed by atoms with Crippen molar-refractivity contribution in [2.75, 3.05) is 6.61 Å². The molecule has 2 heterocycles. The van der Waals surface area contributed by atoms with E-state index >= 15 is 8.78 Å². The van der Waals surface area contributed by atoms with Gasteiger partial charge in [-0.15, -0.1) is 0 Å². The van der Waals surface area contributed by atoms with E-state index in [0.717, 1.165) is 17.9 Å². The molecule has 0 bridgehead atoms.